The first-order valence-electron chi connectivity index (χ1n) is 4.13. The van der Waals surface area contributed by atoms with Crippen LogP contribution < -0.4 is 0 Å². The van der Waals surface area contributed by atoms with Crippen LogP contribution in [0.25, 0.3) is 0 Å². The first kappa shape index (κ1) is 11.1. The van der Waals surface area contributed by atoms with Crippen molar-refractivity contribution in [2.24, 2.45) is 0 Å². The molecule has 1 aromatic carbocycles. The second kappa shape index (κ2) is 4.51. The van der Waals surface area contributed by atoms with Crippen LogP contribution in [-0.2, 0) is 0 Å². The highest BCUT2D eigenvalue weighted by atomic mass is 79.9. The van der Waals surface area contributed by atoms with Gasteiger partial charge >= 0.3 is 0 Å². The van der Waals surface area contributed by atoms with Gasteiger partial charge in [0.25, 0.3) is 0 Å². The monoisotopic (exact) mass is 256 g/mol. The molecule has 0 saturated carbocycles. The van der Waals surface area contributed by atoms with E-state index >= 15 is 0 Å². The SMILES string of the molecule is C=C(C)CC(=O)c1ccc(F)c(Br)c1. The number of carbonyl (C=O) groups excluding carboxylic acids is 1. The summed E-state index contributed by atoms with van der Waals surface area (Å²) in [5.41, 5.74) is 1.30. The Labute approximate surface area is 90.8 Å². The molecule has 74 valence electrons. The normalized spacial score (nSPS) is 9.93. The average Bonchev–Trinajstić information content (AvgIpc) is 2.08. The van der Waals surface area contributed by atoms with Gasteiger partial charge in [0.1, 0.15) is 5.82 Å². The minimum absolute atomic E-state index is 0.0433. The van der Waals surface area contributed by atoms with E-state index in [4.69, 9.17) is 0 Å². The van der Waals surface area contributed by atoms with Crippen molar-refractivity contribution in [3.05, 3.63) is 46.2 Å². The van der Waals surface area contributed by atoms with Crippen LogP contribution in [0.2, 0.25) is 0 Å². The number of allylic oxidation sites excluding steroid dienone is 1. The van der Waals surface area contributed by atoms with Gasteiger partial charge < -0.3 is 0 Å². The summed E-state index contributed by atoms with van der Waals surface area (Å²) in [6, 6.07) is 4.24. The maximum absolute atomic E-state index is 12.8. The molecule has 1 nitrogen and oxygen atoms in total. The standard InChI is InChI=1S/C11H10BrFO/c1-7(2)5-11(14)8-3-4-10(13)9(12)6-8/h3-4,6H,1,5H2,2H3. The highest BCUT2D eigenvalue weighted by Gasteiger charge is 2.08. The summed E-state index contributed by atoms with van der Waals surface area (Å²) in [6.45, 7) is 5.44. The maximum Gasteiger partial charge on any atom is 0.166 e. The van der Waals surface area contributed by atoms with E-state index < -0.39 is 0 Å². The zero-order chi connectivity index (χ0) is 10.7. The van der Waals surface area contributed by atoms with Crippen molar-refractivity contribution in [2.45, 2.75) is 13.3 Å². The maximum atomic E-state index is 12.8. The highest BCUT2D eigenvalue weighted by Crippen LogP contribution is 2.18. The van der Waals surface area contributed by atoms with E-state index in [2.05, 4.69) is 22.5 Å². The number of benzene rings is 1. The quantitative estimate of drug-likeness (QED) is 0.595. The van der Waals surface area contributed by atoms with Gasteiger partial charge in [-0.15, -0.1) is 0 Å². The van der Waals surface area contributed by atoms with Crippen LogP contribution in [0, 0.1) is 5.82 Å². The van der Waals surface area contributed by atoms with Crippen molar-refractivity contribution in [3.63, 3.8) is 0 Å². The third kappa shape index (κ3) is 2.77. The van der Waals surface area contributed by atoms with Gasteiger partial charge in [0.15, 0.2) is 5.78 Å². The van der Waals surface area contributed by atoms with Crippen molar-refractivity contribution < 1.29 is 9.18 Å². The fourth-order valence-corrected chi connectivity index (χ4v) is 1.42. The number of rotatable bonds is 3. The molecular formula is C11H10BrFO. The van der Waals surface area contributed by atoms with E-state index in [1.54, 1.807) is 6.92 Å². The molecule has 3 heteroatoms. The van der Waals surface area contributed by atoms with Crippen molar-refractivity contribution in [1.29, 1.82) is 0 Å². The summed E-state index contributed by atoms with van der Waals surface area (Å²) in [4.78, 5) is 11.5. The van der Waals surface area contributed by atoms with Gasteiger partial charge in [-0.2, -0.15) is 0 Å². The van der Waals surface area contributed by atoms with E-state index in [1.165, 1.54) is 18.2 Å². The average molecular weight is 257 g/mol. The molecule has 0 aliphatic rings. The number of hydrogen-bond donors (Lipinski definition) is 0. The molecule has 0 aliphatic carbocycles. The van der Waals surface area contributed by atoms with Gasteiger partial charge in [-0.1, -0.05) is 12.2 Å². The minimum atomic E-state index is -0.364. The number of halogens is 2. The molecule has 0 amide bonds. The van der Waals surface area contributed by atoms with Crippen LogP contribution in [-0.4, -0.2) is 5.78 Å². The Morgan fingerprint density at radius 1 is 1.57 bits per heavy atom. The molecule has 1 rings (SSSR count). The molecule has 0 heterocycles. The van der Waals surface area contributed by atoms with E-state index in [0.29, 0.717) is 16.5 Å². The van der Waals surface area contributed by atoms with Crippen LogP contribution in [0.15, 0.2) is 34.8 Å². The zero-order valence-corrected chi connectivity index (χ0v) is 9.40. The van der Waals surface area contributed by atoms with E-state index in [9.17, 15) is 9.18 Å². The third-order valence-electron chi connectivity index (χ3n) is 1.70. The predicted molar refractivity (Wildman–Crippen MR) is 57.9 cm³/mol. The Bertz CT molecular complexity index is 385. The van der Waals surface area contributed by atoms with E-state index in [0.717, 1.165) is 5.57 Å². The largest absolute Gasteiger partial charge is 0.294 e. The number of ketones is 1. The second-order valence-corrected chi connectivity index (χ2v) is 4.04. The highest BCUT2D eigenvalue weighted by molar-refractivity contribution is 9.10. The summed E-state index contributed by atoms with van der Waals surface area (Å²) in [5.74, 6) is -0.407. The van der Waals surface area contributed by atoms with Crippen LogP contribution in [0.3, 0.4) is 0 Å². The Hall–Kier alpha value is -0.960. The summed E-state index contributed by atoms with van der Waals surface area (Å²) in [6.07, 6.45) is 0.304. The Kier molecular flexibility index (Phi) is 3.58. The molecule has 0 N–H and O–H groups in total. The number of hydrogen-bond acceptors (Lipinski definition) is 1. The van der Waals surface area contributed by atoms with Crippen LogP contribution in [0.5, 0.6) is 0 Å². The fourth-order valence-electron chi connectivity index (χ4n) is 1.05. The van der Waals surface area contributed by atoms with Crippen molar-refractivity contribution in [1.82, 2.24) is 0 Å². The number of Topliss-reactive ketones (excluding diaryl/α,β-unsaturated/α-hetero) is 1. The lowest BCUT2D eigenvalue weighted by molar-refractivity contribution is 0.0993. The first-order valence-corrected chi connectivity index (χ1v) is 4.92. The van der Waals surface area contributed by atoms with Crippen molar-refractivity contribution in [3.8, 4) is 0 Å². The second-order valence-electron chi connectivity index (χ2n) is 3.19. The lowest BCUT2D eigenvalue weighted by Gasteiger charge is -2.01. The lowest BCUT2D eigenvalue weighted by Crippen LogP contribution is -1.99. The van der Waals surface area contributed by atoms with Gasteiger partial charge in [0.2, 0.25) is 0 Å². The van der Waals surface area contributed by atoms with E-state index in [-0.39, 0.29) is 11.6 Å². The molecular weight excluding hydrogens is 247 g/mol. The Balaban J connectivity index is 2.91. The molecule has 0 radical (unpaired) electrons. The lowest BCUT2D eigenvalue weighted by atomic mass is 10.1. The first-order chi connectivity index (χ1) is 6.50. The molecule has 0 fully saturated rings. The van der Waals surface area contributed by atoms with Crippen molar-refractivity contribution in [2.75, 3.05) is 0 Å². The number of carbonyl (C=O) groups is 1. The summed E-state index contributed by atoms with van der Waals surface area (Å²) in [7, 11) is 0. The summed E-state index contributed by atoms with van der Waals surface area (Å²) in [5, 5.41) is 0. The van der Waals surface area contributed by atoms with Gasteiger partial charge in [-0.05, 0) is 41.1 Å². The minimum Gasteiger partial charge on any atom is -0.294 e. The smallest absolute Gasteiger partial charge is 0.166 e. The van der Waals surface area contributed by atoms with Crippen molar-refractivity contribution >= 4 is 21.7 Å². The van der Waals surface area contributed by atoms with Crippen LogP contribution in [0.1, 0.15) is 23.7 Å². The molecule has 0 saturated heterocycles. The molecule has 0 aliphatic heterocycles. The predicted octanol–water partition coefficient (Wildman–Crippen LogP) is 3.74. The molecule has 0 bridgehead atoms. The molecule has 14 heavy (non-hydrogen) atoms. The fraction of sp³-hybridized carbons (Fsp3) is 0.182. The van der Waals surface area contributed by atoms with E-state index in [1.807, 2.05) is 0 Å². The zero-order valence-electron chi connectivity index (χ0n) is 7.81. The molecule has 0 atom stereocenters. The molecule has 0 spiro atoms. The van der Waals surface area contributed by atoms with Gasteiger partial charge in [-0.25, -0.2) is 4.39 Å². The van der Waals surface area contributed by atoms with Crippen LogP contribution in [0.4, 0.5) is 4.39 Å². The van der Waals surface area contributed by atoms with Gasteiger partial charge in [0.05, 0.1) is 4.47 Å². The van der Waals surface area contributed by atoms with Crippen LogP contribution >= 0.6 is 15.9 Å². The Morgan fingerprint density at radius 2 is 2.21 bits per heavy atom. The summed E-state index contributed by atoms with van der Waals surface area (Å²) < 4.78 is 13.2. The van der Waals surface area contributed by atoms with Gasteiger partial charge in [0, 0.05) is 12.0 Å². The Morgan fingerprint density at radius 3 is 2.71 bits per heavy atom. The summed E-state index contributed by atoms with van der Waals surface area (Å²) >= 11 is 3.03. The molecule has 0 unspecified atom stereocenters. The molecule has 0 aromatic heterocycles. The topological polar surface area (TPSA) is 17.1 Å². The third-order valence-corrected chi connectivity index (χ3v) is 2.31. The molecule has 1 aromatic rings. The van der Waals surface area contributed by atoms with Gasteiger partial charge in [-0.3, -0.25) is 4.79 Å².